The van der Waals surface area contributed by atoms with Crippen molar-refractivity contribution >= 4 is 15.9 Å². The molecular formula is C18H16BrNO. The summed E-state index contributed by atoms with van der Waals surface area (Å²) in [7, 11) is 0. The molecule has 2 nitrogen and oxygen atoms in total. The van der Waals surface area contributed by atoms with Gasteiger partial charge in [0, 0.05) is 11.0 Å². The standard InChI is InChI=1S/C18H16BrNO/c19-16-10-8-14(9-11-16)13-20-18(17-7-4-12-21-17)15-5-2-1-3-6-15/h1-12,18,20H,13H2. The minimum atomic E-state index is 0.0600. The van der Waals surface area contributed by atoms with Crippen LogP contribution in [0.3, 0.4) is 0 Å². The molecule has 2 aromatic carbocycles. The summed E-state index contributed by atoms with van der Waals surface area (Å²) in [5, 5.41) is 3.57. The summed E-state index contributed by atoms with van der Waals surface area (Å²) in [4.78, 5) is 0. The topological polar surface area (TPSA) is 25.2 Å². The van der Waals surface area contributed by atoms with E-state index in [0.717, 1.165) is 16.8 Å². The lowest BCUT2D eigenvalue weighted by atomic mass is 10.0. The molecule has 1 N–H and O–H groups in total. The number of hydrogen-bond acceptors (Lipinski definition) is 2. The number of halogens is 1. The first-order chi connectivity index (χ1) is 10.3. The molecule has 3 rings (SSSR count). The fourth-order valence-corrected chi connectivity index (χ4v) is 2.57. The summed E-state index contributed by atoms with van der Waals surface area (Å²) >= 11 is 3.46. The van der Waals surface area contributed by atoms with Gasteiger partial charge in [0.15, 0.2) is 0 Å². The number of rotatable bonds is 5. The van der Waals surface area contributed by atoms with E-state index in [2.05, 4.69) is 57.6 Å². The maximum absolute atomic E-state index is 5.59. The lowest BCUT2D eigenvalue weighted by molar-refractivity contribution is 0.446. The van der Waals surface area contributed by atoms with Crippen molar-refractivity contribution in [2.45, 2.75) is 12.6 Å². The van der Waals surface area contributed by atoms with Crippen LogP contribution in [0.5, 0.6) is 0 Å². The maximum Gasteiger partial charge on any atom is 0.125 e. The largest absolute Gasteiger partial charge is 0.467 e. The molecule has 1 unspecified atom stereocenters. The van der Waals surface area contributed by atoms with Gasteiger partial charge in [-0.2, -0.15) is 0 Å². The van der Waals surface area contributed by atoms with E-state index in [-0.39, 0.29) is 6.04 Å². The summed E-state index contributed by atoms with van der Waals surface area (Å²) in [5.74, 6) is 0.929. The normalized spacial score (nSPS) is 12.2. The molecule has 1 atom stereocenters. The van der Waals surface area contributed by atoms with Crippen LogP contribution in [0, 0.1) is 0 Å². The van der Waals surface area contributed by atoms with E-state index in [0.29, 0.717) is 0 Å². The molecule has 0 saturated heterocycles. The van der Waals surface area contributed by atoms with Crippen molar-refractivity contribution in [1.29, 1.82) is 0 Å². The molecule has 0 bridgehead atoms. The highest BCUT2D eigenvalue weighted by Gasteiger charge is 2.15. The van der Waals surface area contributed by atoms with Gasteiger partial charge in [0.1, 0.15) is 5.76 Å². The zero-order valence-corrected chi connectivity index (χ0v) is 13.1. The van der Waals surface area contributed by atoms with E-state index in [1.807, 2.05) is 30.3 Å². The molecule has 0 amide bonds. The van der Waals surface area contributed by atoms with E-state index >= 15 is 0 Å². The number of furan rings is 1. The second-order valence-electron chi connectivity index (χ2n) is 4.87. The van der Waals surface area contributed by atoms with Crippen LogP contribution in [0.2, 0.25) is 0 Å². The predicted octanol–water partition coefficient (Wildman–Crippen LogP) is 4.92. The van der Waals surface area contributed by atoms with Crippen molar-refractivity contribution in [2.75, 3.05) is 0 Å². The Morgan fingerprint density at radius 1 is 0.905 bits per heavy atom. The van der Waals surface area contributed by atoms with E-state index < -0.39 is 0 Å². The zero-order valence-electron chi connectivity index (χ0n) is 11.5. The quantitative estimate of drug-likeness (QED) is 0.712. The molecule has 3 heteroatoms. The van der Waals surface area contributed by atoms with Crippen LogP contribution >= 0.6 is 15.9 Å². The molecule has 0 radical (unpaired) electrons. The molecule has 1 aromatic heterocycles. The Hall–Kier alpha value is -1.84. The zero-order chi connectivity index (χ0) is 14.5. The molecule has 21 heavy (non-hydrogen) atoms. The van der Waals surface area contributed by atoms with Crippen molar-refractivity contribution in [2.24, 2.45) is 0 Å². The Labute approximate surface area is 132 Å². The van der Waals surface area contributed by atoms with Crippen LogP contribution in [0.4, 0.5) is 0 Å². The monoisotopic (exact) mass is 341 g/mol. The Kier molecular flexibility index (Phi) is 4.53. The van der Waals surface area contributed by atoms with Gasteiger partial charge in [-0.3, -0.25) is 5.32 Å². The Morgan fingerprint density at radius 3 is 2.33 bits per heavy atom. The molecule has 106 valence electrons. The Balaban J connectivity index is 1.78. The van der Waals surface area contributed by atoms with Crippen LogP contribution < -0.4 is 5.32 Å². The van der Waals surface area contributed by atoms with Crippen LogP contribution in [0.25, 0.3) is 0 Å². The lowest BCUT2D eigenvalue weighted by Gasteiger charge is -2.17. The van der Waals surface area contributed by atoms with E-state index in [4.69, 9.17) is 4.42 Å². The second-order valence-corrected chi connectivity index (χ2v) is 5.78. The Bertz CT molecular complexity index is 662. The third kappa shape index (κ3) is 3.63. The molecule has 0 spiro atoms. The highest BCUT2D eigenvalue weighted by molar-refractivity contribution is 9.10. The van der Waals surface area contributed by atoms with Gasteiger partial charge < -0.3 is 4.42 Å². The average molecular weight is 342 g/mol. The minimum absolute atomic E-state index is 0.0600. The van der Waals surface area contributed by atoms with Crippen molar-refractivity contribution < 1.29 is 4.42 Å². The van der Waals surface area contributed by atoms with E-state index in [1.165, 1.54) is 11.1 Å². The third-order valence-electron chi connectivity index (χ3n) is 3.38. The van der Waals surface area contributed by atoms with Gasteiger partial charge in [0.05, 0.1) is 12.3 Å². The molecule has 0 fully saturated rings. The van der Waals surface area contributed by atoms with Crippen molar-refractivity contribution in [3.05, 3.63) is 94.4 Å². The molecular weight excluding hydrogens is 326 g/mol. The fourth-order valence-electron chi connectivity index (χ4n) is 2.31. The van der Waals surface area contributed by atoms with Crippen molar-refractivity contribution in [3.63, 3.8) is 0 Å². The molecule has 0 aliphatic heterocycles. The second kappa shape index (κ2) is 6.74. The van der Waals surface area contributed by atoms with Gasteiger partial charge in [-0.25, -0.2) is 0 Å². The van der Waals surface area contributed by atoms with Gasteiger partial charge in [0.25, 0.3) is 0 Å². The summed E-state index contributed by atoms with van der Waals surface area (Å²) < 4.78 is 6.68. The first kappa shape index (κ1) is 14.1. The first-order valence-electron chi connectivity index (χ1n) is 6.89. The minimum Gasteiger partial charge on any atom is -0.467 e. The van der Waals surface area contributed by atoms with Gasteiger partial charge in [-0.05, 0) is 35.4 Å². The van der Waals surface area contributed by atoms with Crippen LogP contribution in [-0.4, -0.2) is 0 Å². The molecule has 3 aromatic rings. The predicted molar refractivity (Wildman–Crippen MR) is 88.0 cm³/mol. The van der Waals surface area contributed by atoms with Gasteiger partial charge in [0.2, 0.25) is 0 Å². The van der Waals surface area contributed by atoms with Crippen molar-refractivity contribution in [3.8, 4) is 0 Å². The van der Waals surface area contributed by atoms with Crippen LogP contribution in [-0.2, 0) is 6.54 Å². The summed E-state index contributed by atoms with van der Waals surface area (Å²) in [6.07, 6.45) is 1.71. The smallest absolute Gasteiger partial charge is 0.125 e. The highest BCUT2D eigenvalue weighted by Crippen LogP contribution is 2.23. The van der Waals surface area contributed by atoms with E-state index in [9.17, 15) is 0 Å². The Morgan fingerprint density at radius 2 is 1.67 bits per heavy atom. The summed E-state index contributed by atoms with van der Waals surface area (Å²) in [6.45, 7) is 0.785. The van der Waals surface area contributed by atoms with Crippen molar-refractivity contribution in [1.82, 2.24) is 5.32 Å². The first-order valence-corrected chi connectivity index (χ1v) is 7.68. The van der Waals surface area contributed by atoms with Gasteiger partial charge >= 0.3 is 0 Å². The fraction of sp³-hybridized carbons (Fsp3) is 0.111. The summed E-state index contributed by atoms with van der Waals surface area (Å²) in [5.41, 5.74) is 2.44. The molecule has 0 saturated carbocycles. The van der Waals surface area contributed by atoms with Gasteiger partial charge in [-0.15, -0.1) is 0 Å². The average Bonchev–Trinajstić information content (AvgIpc) is 3.05. The number of hydrogen-bond donors (Lipinski definition) is 1. The third-order valence-corrected chi connectivity index (χ3v) is 3.91. The van der Waals surface area contributed by atoms with Crippen LogP contribution in [0.15, 0.2) is 81.9 Å². The molecule has 0 aliphatic carbocycles. The van der Waals surface area contributed by atoms with Crippen LogP contribution in [0.1, 0.15) is 22.9 Å². The van der Waals surface area contributed by atoms with Gasteiger partial charge in [-0.1, -0.05) is 58.4 Å². The molecule has 0 aliphatic rings. The number of benzene rings is 2. The SMILES string of the molecule is Brc1ccc(CNC(c2ccccc2)c2ccco2)cc1. The lowest BCUT2D eigenvalue weighted by Crippen LogP contribution is -2.21. The molecule has 1 heterocycles. The highest BCUT2D eigenvalue weighted by atomic mass is 79.9. The number of nitrogens with one attached hydrogen (secondary N) is 1. The summed E-state index contributed by atoms with van der Waals surface area (Å²) in [6, 6.07) is 22.7. The maximum atomic E-state index is 5.59. The van der Waals surface area contributed by atoms with E-state index in [1.54, 1.807) is 6.26 Å².